The highest BCUT2D eigenvalue weighted by Gasteiger charge is 2.27. The van der Waals surface area contributed by atoms with E-state index in [-0.39, 0.29) is 5.78 Å². The molecule has 0 atom stereocenters. The van der Waals surface area contributed by atoms with Crippen LogP contribution in [0.25, 0.3) is 10.9 Å². The summed E-state index contributed by atoms with van der Waals surface area (Å²) in [6, 6.07) is 12.0. The van der Waals surface area contributed by atoms with E-state index < -0.39 is 0 Å². The summed E-state index contributed by atoms with van der Waals surface area (Å²) in [7, 11) is 1.64. The van der Waals surface area contributed by atoms with Gasteiger partial charge in [0, 0.05) is 28.2 Å². The average molecular weight is 409 g/mol. The zero-order valence-electron chi connectivity index (χ0n) is 17.1. The maximum atomic E-state index is 13.0. The molecule has 0 spiro atoms. The Kier molecular flexibility index (Phi) is 5.06. The van der Waals surface area contributed by atoms with Crippen molar-refractivity contribution in [2.24, 2.45) is 0 Å². The molecule has 0 amide bonds. The standard InChI is InChI=1S/C23H25N3O4/c1-28-17-3-4-20-18(11-17)19(12-24-20)21(27)14-26-8-6-25(7-9-26)13-16-2-5-22-23(10-16)30-15-29-22/h2-5,10-12,24H,6-9,13-15H2,1H3/p+2. The molecule has 3 heterocycles. The van der Waals surface area contributed by atoms with Gasteiger partial charge in [0.25, 0.3) is 0 Å². The number of aromatic nitrogens is 1. The molecule has 0 aliphatic carbocycles. The summed E-state index contributed by atoms with van der Waals surface area (Å²) in [5.74, 6) is 2.63. The van der Waals surface area contributed by atoms with Gasteiger partial charge >= 0.3 is 0 Å². The number of carbonyl (C=O) groups is 1. The summed E-state index contributed by atoms with van der Waals surface area (Å²) in [4.78, 5) is 19.1. The number of quaternary nitrogens is 2. The minimum Gasteiger partial charge on any atom is -0.497 e. The number of rotatable bonds is 6. The molecule has 1 fully saturated rings. The molecule has 7 nitrogen and oxygen atoms in total. The van der Waals surface area contributed by atoms with Gasteiger partial charge in [-0.25, -0.2) is 0 Å². The SMILES string of the molecule is COc1ccc2[nH]cc(C(=O)C[NH+]3CC[NH+](Cc4ccc5c(c4)OCO5)CC3)c2c1. The first-order chi connectivity index (χ1) is 14.7. The molecule has 1 saturated heterocycles. The number of ether oxygens (including phenoxy) is 3. The van der Waals surface area contributed by atoms with E-state index in [0.717, 1.165) is 66.4 Å². The van der Waals surface area contributed by atoms with Crippen LogP contribution in [0.4, 0.5) is 0 Å². The van der Waals surface area contributed by atoms with Crippen molar-refractivity contribution < 1.29 is 28.8 Å². The van der Waals surface area contributed by atoms with Gasteiger partial charge in [-0.15, -0.1) is 0 Å². The van der Waals surface area contributed by atoms with Crippen molar-refractivity contribution in [3.05, 3.63) is 53.7 Å². The molecule has 2 aliphatic rings. The van der Waals surface area contributed by atoms with E-state index in [1.807, 2.05) is 30.5 Å². The van der Waals surface area contributed by atoms with E-state index in [1.54, 1.807) is 12.0 Å². The Labute approximate surface area is 175 Å². The minimum atomic E-state index is 0.184. The number of hydrogen-bond donors (Lipinski definition) is 3. The van der Waals surface area contributed by atoms with Crippen molar-refractivity contribution in [2.45, 2.75) is 6.54 Å². The first-order valence-corrected chi connectivity index (χ1v) is 10.4. The smallest absolute Gasteiger partial charge is 0.231 e. The predicted octanol–water partition coefficient (Wildman–Crippen LogP) is 0.0715. The summed E-state index contributed by atoms with van der Waals surface area (Å²) >= 11 is 0. The fourth-order valence-corrected chi connectivity index (χ4v) is 4.43. The number of H-pyrrole nitrogens is 1. The van der Waals surface area contributed by atoms with Crippen molar-refractivity contribution in [1.82, 2.24) is 4.98 Å². The molecule has 0 saturated carbocycles. The number of hydrogen-bond acceptors (Lipinski definition) is 4. The van der Waals surface area contributed by atoms with E-state index in [1.165, 1.54) is 10.5 Å². The van der Waals surface area contributed by atoms with Crippen LogP contribution in [0.3, 0.4) is 0 Å². The van der Waals surface area contributed by atoms with E-state index in [4.69, 9.17) is 14.2 Å². The number of piperazine rings is 1. The maximum absolute atomic E-state index is 13.0. The second-order valence-electron chi connectivity index (χ2n) is 8.08. The molecule has 3 N–H and O–H groups in total. The summed E-state index contributed by atoms with van der Waals surface area (Å²) in [5, 5.41) is 0.936. The molecule has 0 radical (unpaired) electrons. The van der Waals surface area contributed by atoms with Crippen LogP contribution in [-0.4, -0.2) is 57.4 Å². The number of nitrogens with one attached hydrogen (secondary N) is 3. The Bertz CT molecular complexity index is 1070. The zero-order valence-corrected chi connectivity index (χ0v) is 17.1. The number of fused-ring (bicyclic) bond motifs is 2. The number of benzene rings is 2. The predicted molar refractivity (Wildman–Crippen MR) is 112 cm³/mol. The highest BCUT2D eigenvalue weighted by Crippen LogP contribution is 2.32. The van der Waals surface area contributed by atoms with Crippen LogP contribution in [0.2, 0.25) is 0 Å². The lowest BCUT2D eigenvalue weighted by Gasteiger charge is -2.29. The average Bonchev–Trinajstić information content (AvgIpc) is 3.41. The van der Waals surface area contributed by atoms with Gasteiger partial charge in [0.2, 0.25) is 12.6 Å². The maximum Gasteiger partial charge on any atom is 0.231 e. The van der Waals surface area contributed by atoms with E-state index in [2.05, 4.69) is 17.1 Å². The van der Waals surface area contributed by atoms with Crippen LogP contribution in [0.1, 0.15) is 15.9 Å². The number of carbonyl (C=O) groups excluding carboxylic acids is 1. The zero-order chi connectivity index (χ0) is 20.5. The van der Waals surface area contributed by atoms with Gasteiger partial charge in [-0.3, -0.25) is 4.79 Å². The van der Waals surface area contributed by atoms with Gasteiger partial charge in [0.1, 0.15) is 45.0 Å². The summed E-state index contributed by atoms with van der Waals surface area (Å²) in [6.07, 6.45) is 1.83. The minimum absolute atomic E-state index is 0.184. The van der Waals surface area contributed by atoms with E-state index >= 15 is 0 Å². The largest absolute Gasteiger partial charge is 0.497 e. The Morgan fingerprint density at radius 1 is 1.03 bits per heavy atom. The third-order valence-corrected chi connectivity index (χ3v) is 6.16. The summed E-state index contributed by atoms with van der Waals surface area (Å²) in [6.45, 7) is 5.92. The molecule has 7 heteroatoms. The van der Waals surface area contributed by atoms with Crippen molar-refractivity contribution >= 4 is 16.7 Å². The van der Waals surface area contributed by atoms with Crippen LogP contribution in [0, 0.1) is 0 Å². The van der Waals surface area contributed by atoms with Gasteiger partial charge < -0.3 is 29.0 Å². The lowest BCUT2D eigenvalue weighted by molar-refractivity contribution is -1.01. The molecule has 2 aliphatic heterocycles. The summed E-state index contributed by atoms with van der Waals surface area (Å²) < 4.78 is 16.2. The van der Waals surface area contributed by atoms with E-state index in [0.29, 0.717) is 13.3 Å². The quantitative estimate of drug-likeness (QED) is 0.504. The first kappa shape index (κ1) is 19.0. The highest BCUT2D eigenvalue weighted by molar-refractivity contribution is 6.08. The normalized spacial score (nSPS) is 20.4. The Morgan fingerprint density at radius 3 is 2.67 bits per heavy atom. The lowest BCUT2D eigenvalue weighted by atomic mass is 10.1. The highest BCUT2D eigenvalue weighted by atomic mass is 16.7. The van der Waals surface area contributed by atoms with Gasteiger partial charge in [0.05, 0.1) is 7.11 Å². The number of Topliss-reactive ketones (excluding diaryl/α,β-unsaturated/α-hetero) is 1. The molecular weight excluding hydrogens is 382 g/mol. The molecule has 2 aromatic carbocycles. The Morgan fingerprint density at radius 2 is 1.83 bits per heavy atom. The molecule has 0 bridgehead atoms. The third kappa shape index (κ3) is 3.74. The topological polar surface area (TPSA) is 69.4 Å². The van der Waals surface area contributed by atoms with Gasteiger partial charge in [-0.2, -0.15) is 0 Å². The molecular formula is C23H27N3O4+2. The van der Waals surface area contributed by atoms with Crippen molar-refractivity contribution in [2.75, 3.05) is 46.6 Å². The number of methoxy groups -OCH3 is 1. The molecule has 3 aromatic rings. The Hall–Kier alpha value is -3.03. The lowest BCUT2D eigenvalue weighted by Crippen LogP contribution is -3.27. The fraction of sp³-hybridized carbons (Fsp3) is 0.348. The number of ketones is 1. The third-order valence-electron chi connectivity index (χ3n) is 6.16. The Balaban J connectivity index is 1.18. The van der Waals surface area contributed by atoms with Gasteiger partial charge in [-0.1, -0.05) is 0 Å². The molecule has 0 unspecified atom stereocenters. The van der Waals surface area contributed by atoms with Crippen molar-refractivity contribution in [1.29, 1.82) is 0 Å². The van der Waals surface area contributed by atoms with E-state index in [9.17, 15) is 4.79 Å². The fourth-order valence-electron chi connectivity index (χ4n) is 4.43. The second-order valence-corrected chi connectivity index (χ2v) is 8.08. The number of aromatic amines is 1. The van der Waals surface area contributed by atoms with Crippen LogP contribution in [-0.2, 0) is 6.54 Å². The van der Waals surface area contributed by atoms with Gasteiger partial charge in [0.15, 0.2) is 11.5 Å². The van der Waals surface area contributed by atoms with Crippen LogP contribution in [0.15, 0.2) is 42.6 Å². The second kappa shape index (κ2) is 8.01. The molecule has 1 aromatic heterocycles. The van der Waals surface area contributed by atoms with Crippen LogP contribution < -0.4 is 24.0 Å². The molecule has 156 valence electrons. The molecule has 5 rings (SSSR count). The van der Waals surface area contributed by atoms with Crippen LogP contribution >= 0.6 is 0 Å². The monoisotopic (exact) mass is 409 g/mol. The van der Waals surface area contributed by atoms with Crippen LogP contribution in [0.5, 0.6) is 17.2 Å². The summed E-state index contributed by atoms with van der Waals surface area (Å²) in [5.41, 5.74) is 2.99. The first-order valence-electron chi connectivity index (χ1n) is 10.4. The molecule has 30 heavy (non-hydrogen) atoms. The van der Waals surface area contributed by atoms with Crippen molar-refractivity contribution in [3.8, 4) is 17.2 Å². The van der Waals surface area contributed by atoms with Crippen molar-refractivity contribution in [3.63, 3.8) is 0 Å². The van der Waals surface area contributed by atoms with Gasteiger partial charge in [-0.05, 0) is 36.4 Å².